The first-order chi connectivity index (χ1) is 12.0. The molecule has 1 atom stereocenters. The number of fused-ring (bicyclic) bond motifs is 1. The first kappa shape index (κ1) is 17.2. The third kappa shape index (κ3) is 3.58. The molecule has 0 saturated heterocycles. The van der Waals surface area contributed by atoms with Gasteiger partial charge in [-0.05, 0) is 55.2 Å². The van der Waals surface area contributed by atoms with E-state index in [4.69, 9.17) is 10.1 Å². The Morgan fingerprint density at radius 3 is 2.56 bits per heavy atom. The topological polar surface area (TPSA) is 55.1 Å². The van der Waals surface area contributed by atoms with Gasteiger partial charge in [-0.1, -0.05) is 32.0 Å². The van der Waals surface area contributed by atoms with Crippen LogP contribution in [0.1, 0.15) is 37.2 Å². The summed E-state index contributed by atoms with van der Waals surface area (Å²) in [6, 6.07) is 14.7. The second kappa shape index (κ2) is 7.09. The van der Waals surface area contributed by atoms with Gasteiger partial charge in [-0.15, -0.1) is 0 Å². The molecule has 1 unspecified atom stereocenters. The molecule has 0 fully saturated rings. The zero-order valence-corrected chi connectivity index (χ0v) is 15.0. The molecule has 1 aromatic heterocycles. The number of aryl methyl sites for hydroxylation is 3. The Morgan fingerprint density at radius 1 is 1.20 bits per heavy atom. The van der Waals surface area contributed by atoms with Gasteiger partial charge in [0.05, 0.1) is 17.0 Å². The summed E-state index contributed by atoms with van der Waals surface area (Å²) in [5, 5.41) is 9.00. The number of carboxylic acid groups (broad SMARTS) is 1. The van der Waals surface area contributed by atoms with E-state index in [-0.39, 0.29) is 5.92 Å². The fourth-order valence-electron chi connectivity index (χ4n) is 3.08. The zero-order valence-electron chi connectivity index (χ0n) is 15.0. The highest BCUT2D eigenvalue weighted by Gasteiger charge is 2.12. The predicted molar refractivity (Wildman–Crippen MR) is 100 cm³/mol. The van der Waals surface area contributed by atoms with Crippen LogP contribution in [0, 0.1) is 12.8 Å². The number of hydrogen-bond acceptors (Lipinski definition) is 2. The lowest BCUT2D eigenvalue weighted by Crippen LogP contribution is -2.10. The van der Waals surface area contributed by atoms with Crippen LogP contribution in [-0.4, -0.2) is 20.6 Å². The van der Waals surface area contributed by atoms with Crippen molar-refractivity contribution in [2.45, 2.75) is 40.0 Å². The van der Waals surface area contributed by atoms with Gasteiger partial charge >= 0.3 is 5.97 Å². The Kier molecular flexibility index (Phi) is 4.88. The summed E-state index contributed by atoms with van der Waals surface area (Å²) >= 11 is 0. The largest absolute Gasteiger partial charge is 0.481 e. The maximum Gasteiger partial charge on any atom is 0.306 e. The quantitative estimate of drug-likeness (QED) is 0.718. The van der Waals surface area contributed by atoms with Crippen molar-refractivity contribution in [1.82, 2.24) is 9.55 Å². The average molecular weight is 336 g/mol. The molecule has 3 aromatic rings. The first-order valence-corrected chi connectivity index (χ1v) is 8.79. The van der Waals surface area contributed by atoms with Crippen molar-refractivity contribution in [3.8, 4) is 5.69 Å². The molecular weight excluding hydrogens is 312 g/mol. The van der Waals surface area contributed by atoms with Gasteiger partial charge < -0.3 is 5.11 Å². The van der Waals surface area contributed by atoms with Crippen molar-refractivity contribution in [3.05, 3.63) is 59.4 Å². The summed E-state index contributed by atoms with van der Waals surface area (Å²) in [6.45, 7) is 5.95. The molecule has 25 heavy (non-hydrogen) atoms. The summed E-state index contributed by atoms with van der Waals surface area (Å²) in [5.74, 6) is 0.00411. The van der Waals surface area contributed by atoms with Crippen LogP contribution in [0.15, 0.2) is 42.5 Å². The van der Waals surface area contributed by atoms with Crippen molar-refractivity contribution < 1.29 is 9.90 Å². The van der Waals surface area contributed by atoms with E-state index in [1.54, 1.807) is 6.92 Å². The minimum atomic E-state index is -0.732. The molecule has 4 nitrogen and oxygen atoms in total. The van der Waals surface area contributed by atoms with Crippen LogP contribution in [0.5, 0.6) is 0 Å². The number of carbonyl (C=O) groups is 1. The van der Waals surface area contributed by atoms with Gasteiger partial charge in [-0.25, -0.2) is 4.98 Å². The number of aliphatic carboxylic acids is 1. The smallest absolute Gasteiger partial charge is 0.306 e. The summed E-state index contributed by atoms with van der Waals surface area (Å²) < 4.78 is 2.21. The highest BCUT2D eigenvalue weighted by Crippen LogP contribution is 2.23. The van der Waals surface area contributed by atoms with Crippen LogP contribution in [-0.2, 0) is 17.6 Å². The van der Waals surface area contributed by atoms with Gasteiger partial charge in [0.2, 0.25) is 0 Å². The van der Waals surface area contributed by atoms with Gasteiger partial charge in [-0.2, -0.15) is 0 Å². The molecule has 0 radical (unpaired) electrons. The highest BCUT2D eigenvalue weighted by molar-refractivity contribution is 5.79. The molecule has 0 aliphatic carbocycles. The maximum atomic E-state index is 10.9. The summed E-state index contributed by atoms with van der Waals surface area (Å²) in [6.07, 6.45) is 2.30. The summed E-state index contributed by atoms with van der Waals surface area (Å²) in [4.78, 5) is 15.7. The minimum Gasteiger partial charge on any atom is -0.481 e. The highest BCUT2D eigenvalue weighted by atomic mass is 16.4. The number of hydrogen-bond donors (Lipinski definition) is 1. The summed E-state index contributed by atoms with van der Waals surface area (Å²) in [7, 11) is 0. The number of carboxylic acids is 1. The standard InChI is InChI=1S/C21H24N2O2/c1-4-20-22-18-13-14(2)5-12-19(18)23(20)17-10-8-16(9-11-17)7-6-15(3)21(24)25/h5,8-13,15H,4,6-7H2,1-3H3,(H,24,25). The van der Waals surface area contributed by atoms with E-state index in [2.05, 4.69) is 60.9 Å². The predicted octanol–water partition coefficient (Wildman–Crippen LogP) is 4.55. The molecule has 1 N–H and O–H groups in total. The zero-order chi connectivity index (χ0) is 18.0. The van der Waals surface area contributed by atoms with E-state index in [9.17, 15) is 4.79 Å². The van der Waals surface area contributed by atoms with Crippen molar-refractivity contribution in [3.63, 3.8) is 0 Å². The van der Waals surface area contributed by atoms with Crippen molar-refractivity contribution in [2.75, 3.05) is 0 Å². The Labute approximate surface area is 148 Å². The molecule has 4 heteroatoms. The molecule has 130 valence electrons. The van der Waals surface area contributed by atoms with Crippen LogP contribution in [0.4, 0.5) is 0 Å². The molecule has 0 saturated carbocycles. The van der Waals surface area contributed by atoms with E-state index in [1.165, 1.54) is 5.56 Å². The number of aromatic nitrogens is 2. The molecule has 0 amide bonds. The fraction of sp³-hybridized carbons (Fsp3) is 0.333. The second-order valence-electron chi connectivity index (χ2n) is 6.65. The third-order valence-electron chi connectivity index (χ3n) is 4.68. The maximum absolute atomic E-state index is 10.9. The van der Waals surface area contributed by atoms with Crippen LogP contribution in [0.2, 0.25) is 0 Å². The Hall–Kier alpha value is -2.62. The number of nitrogens with zero attached hydrogens (tertiary/aromatic N) is 2. The number of benzene rings is 2. The van der Waals surface area contributed by atoms with E-state index >= 15 is 0 Å². The van der Waals surface area contributed by atoms with Gasteiger partial charge in [0.1, 0.15) is 5.82 Å². The van der Waals surface area contributed by atoms with Crippen molar-refractivity contribution >= 4 is 17.0 Å². The Bertz CT molecular complexity index is 894. The van der Waals surface area contributed by atoms with Gasteiger partial charge in [-0.3, -0.25) is 9.36 Å². The molecule has 3 rings (SSSR count). The first-order valence-electron chi connectivity index (χ1n) is 8.79. The molecule has 0 aliphatic heterocycles. The van der Waals surface area contributed by atoms with E-state index < -0.39 is 5.97 Å². The van der Waals surface area contributed by atoms with Gasteiger partial charge in [0, 0.05) is 12.1 Å². The average Bonchev–Trinajstić information content (AvgIpc) is 2.97. The normalized spacial score (nSPS) is 12.4. The van der Waals surface area contributed by atoms with Crippen molar-refractivity contribution in [1.29, 1.82) is 0 Å². The second-order valence-corrected chi connectivity index (χ2v) is 6.65. The fourth-order valence-corrected chi connectivity index (χ4v) is 3.08. The molecule has 0 aliphatic rings. The van der Waals surface area contributed by atoms with Crippen LogP contribution in [0.25, 0.3) is 16.7 Å². The van der Waals surface area contributed by atoms with Gasteiger partial charge in [0.15, 0.2) is 0 Å². The molecule has 0 bridgehead atoms. The number of imidazole rings is 1. The van der Waals surface area contributed by atoms with E-state index in [0.717, 1.165) is 41.0 Å². The minimum absolute atomic E-state index is 0.313. The third-order valence-corrected chi connectivity index (χ3v) is 4.68. The van der Waals surface area contributed by atoms with E-state index in [0.29, 0.717) is 6.42 Å². The summed E-state index contributed by atoms with van der Waals surface area (Å²) in [5.41, 5.74) is 5.61. The Balaban J connectivity index is 1.89. The lowest BCUT2D eigenvalue weighted by molar-refractivity contribution is -0.141. The molecule has 0 spiro atoms. The molecule has 1 heterocycles. The van der Waals surface area contributed by atoms with Crippen LogP contribution >= 0.6 is 0 Å². The Morgan fingerprint density at radius 2 is 1.92 bits per heavy atom. The molecule has 2 aromatic carbocycles. The van der Waals surface area contributed by atoms with Gasteiger partial charge in [0.25, 0.3) is 0 Å². The molecular formula is C21H24N2O2. The van der Waals surface area contributed by atoms with E-state index in [1.807, 2.05) is 0 Å². The number of rotatable bonds is 6. The van der Waals surface area contributed by atoms with Crippen molar-refractivity contribution in [2.24, 2.45) is 5.92 Å². The van der Waals surface area contributed by atoms with Crippen LogP contribution < -0.4 is 0 Å². The SMILES string of the molecule is CCc1nc2cc(C)ccc2n1-c1ccc(CCC(C)C(=O)O)cc1. The lowest BCUT2D eigenvalue weighted by Gasteiger charge is -2.10. The lowest BCUT2D eigenvalue weighted by atomic mass is 10.0. The monoisotopic (exact) mass is 336 g/mol. The van der Waals surface area contributed by atoms with Crippen LogP contribution in [0.3, 0.4) is 0 Å².